The van der Waals surface area contributed by atoms with Crippen molar-refractivity contribution < 1.29 is 4.79 Å². The van der Waals surface area contributed by atoms with Crippen molar-refractivity contribution in [3.05, 3.63) is 34.9 Å². The SMILES string of the molecule is NC(=O)[C@@H](c1ccccc1Cl)N1CCCC1. The lowest BCUT2D eigenvalue weighted by Gasteiger charge is -2.25. The van der Waals surface area contributed by atoms with Crippen LogP contribution in [0.3, 0.4) is 0 Å². The monoisotopic (exact) mass is 238 g/mol. The molecule has 0 spiro atoms. The molecule has 0 aromatic heterocycles. The molecule has 2 N–H and O–H groups in total. The highest BCUT2D eigenvalue weighted by atomic mass is 35.5. The maximum Gasteiger partial charge on any atom is 0.239 e. The summed E-state index contributed by atoms with van der Waals surface area (Å²) in [6.45, 7) is 1.83. The number of carbonyl (C=O) groups is 1. The van der Waals surface area contributed by atoms with Gasteiger partial charge in [-0.1, -0.05) is 29.8 Å². The molecule has 1 aliphatic rings. The quantitative estimate of drug-likeness (QED) is 0.875. The van der Waals surface area contributed by atoms with Crippen LogP contribution in [0.15, 0.2) is 24.3 Å². The van der Waals surface area contributed by atoms with Crippen molar-refractivity contribution in [2.24, 2.45) is 5.73 Å². The molecule has 1 saturated heterocycles. The van der Waals surface area contributed by atoms with E-state index in [4.69, 9.17) is 17.3 Å². The van der Waals surface area contributed by atoms with Crippen LogP contribution in [0.4, 0.5) is 0 Å². The molecule has 1 heterocycles. The van der Waals surface area contributed by atoms with Crippen LogP contribution in [0.5, 0.6) is 0 Å². The molecule has 1 aromatic carbocycles. The average molecular weight is 239 g/mol. The summed E-state index contributed by atoms with van der Waals surface area (Å²) in [4.78, 5) is 13.7. The summed E-state index contributed by atoms with van der Waals surface area (Å²) in [6.07, 6.45) is 2.24. The van der Waals surface area contributed by atoms with E-state index in [-0.39, 0.29) is 11.9 Å². The number of rotatable bonds is 3. The zero-order chi connectivity index (χ0) is 11.5. The second kappa shape index (κ2) is 4.85. The molecule has 0 radical (unpaired) electrons. The third kappa shape index (κ3) is 2.20. The minimum atomic E-state index is -0.379. The topological polar surface area (TPSA) is 46.3 Å². The standard InChI is InChI=1S/C12H15ClN2O/c13-10-6-2-1-5-9(10)11(12(14)16)15-7-3-4-8-15/h1-2,5-6,11H,3-4,7-8H2,(H2,14,16)/t11-/m1/s1. The zero-order valence-electron chi connectivity index (χ0n) is 9.03. The average Bonchev–Trinajstić information content (AvgIpc) is 2.74. The Morgan fingerprint density at radius 2 is 1.94 bits per heavy atom. The fourth-order valence-corrected chi connectivity index (χ4v) is 2.47. The van der Waals surface area contributed by atoms with Crippen molar-refractivity contribution in [3.63, 3.8) is 0 Å². The third-order valence-corrected chi connectivity index (χ3v) is 3.32. The van der Waals surface area contributed by atoms with E-state index in [1.165, 1.54) is 0 Å². The molecular formula is C12H15ClN2O. The van der Waals surface area contributed by atoms with Gasteiger partial charge in [0.05, 0.1) is 0 Å². The van der Waals surface area contributed by atoms with Crippen molar-refractivity contribution >= 4 is 17.5 Å². The lowest BCUT2D eigenvalue weighted by molar-refractivity contribution is -0.123. The van der Waals surface area contributed by atoms with Gasteiger partial charge in [-0.2, -0.15) is 0 Å². The highest BCUT2D eigenvalue weighted by Gasteiger charge is 2.29. The summed E-state index contributed by atoms with van der Waals surface area (Å²) < 4.78 is 0. The Kier molecular flexibility index (Phi) is 3.46. The van der Waals surface area contributed by atoms with Gasteiger partial charge in [-0.15, -0.1) is 0 Å². The first-order chi connectivity index (χ1) is 7.70. The molecule has 16 heavy (non-hydrogen) atoms. The molecule has 1 atom stereocenters. The van der Waals surface area contributed by atoms with E-state index in [0.29, 0.717) is 5.02 Å². The number of primary amides is 1. The van der Waals surface area contributed by atoms with E-state index in [1.54, 1.807) is 6.07 Å². The van der Waals surface area contributed by atoms with Crippen LogP contribution in [-0.4, -0.2) is 23.9 Å². The Morgan fingerprint density at radius 3 is 2.50 bits per heavy atom. The second-order valence-electron chi connectivity index (χ2n) is 4.07. The second-order valence-corrected chi connectivity index (χ2v) is 4.48. The van der Waals surface area contributed by atoms with Gasteiger partial charge in [-0.05, 0) is 37.6 Å². The van der Waals surface area contributed by atoms with Gasteiger partial charge in [-0.3, -0.25) is 9.69 Å². The fourth-order valence-electron chi connectivity index (χ4n) is 2.23. The first-order valence-corrected chi connectivity index (χ1v) is 5.86. The smallest absolute Gasteiger partial charge is 0.239 e. The maximum atomic E-state index is 11.6. The first kappa shape index (κ1) is 11.4. The molecule has 0 aliphatic carbocycles. The number of nitrogens with two attached hydrogens (primary N) is 1. The van der Waals surface area contributed by atoms with Gasteiger partial charge in [-0.25, -0.2) is 0 Å². The first-order valence-electron chi connectivity index (χ1n) is 5.48. The number of hydrogen-bond donors (Lipinski definition) is 1. The normalized spacial score (nSPS) is 18.6. The van der Waals surface area contributed by atoms with Gasteiger partial charge in [0.2, 0.25) is 5.91 Å². The molecule has 86 valence electrons. The molecular weight excluding hydrogens is 224 g/mol. The third-order valence-electron chi connectivity index (χ3n) is 2.98. The zero-order valence-corrected chi connectivity index (χ0v) is 9.78. The van der Waals surface area contributed by atoms with Crippen LogP contribution in [0.25, 0.3) is 0 Å². The van der Waals surface area contributed by atoms with E-state index >= 15 is 0 Å². The number of likely N-dealkylation sites (tertiary alicyclic amines) is 1. The van der Waals surface area contributed by atoms with E-state index in [9.17, 15) is 4.79 Å². The molecule has 1 aromatic rings. The van der Waals surface area contributed by atoms with Gasteiger partial charge >= 0.3 is 0 Å². The van der Waals surface area contributed by atoms with Crippen LogP contribution < -0.4 is 5.73 Å². The maximum absolute atomic E-state index is 11.6. The minimum absolute atomic E-state index is 0.324. The van der Waals surface area contributed by atoms with Crippen molar-refractivity contribution in [1.29, 1.82) is 0 Å². The minimum Gasteiger partial charge on any atom is -0.368 e. The Labute approximate surface area is 100 Å². The number of hydrogen-bond acceptors (Lipinski definition) is 2. The number of carbonyl (C=O) groups excluding carboxylic acids is 1. The van der Waals surface area contributed by atoms with Crippen LogP contribution >= 0.6 is 11.6 Å². The van der Waals surface area contributed by atoms with Crippen molar-refractivity contribution in [1.82, 2.24) is 4.90 Å². The van der Waals surface area contributed by atoms with Gasteiger partial charge in [0.25, 0.3) is 0 Å². The summed E-state index contributed by atoms with van der Waals surface area (Å²) >= 11 is 6.11. The molecule has 1 fully saturated rings. The van der Waals surface area contributed by atoms with Crippen molar-refractivity contribution in [3.8, 4) is 0 Å². The summed E-state index contributed by atoms with van der Waals surface area (Å²) in [7, 11) is 0. The highest BCUT2D eigenvalue weighted by Crippen LogP contribution is 2.29. The molecule has 1 aliphatic heterocycles. The summed E-state index contributed by atoms with van der Waals surface area (Å²) in [5.41, 5.74) is 6.30. The number of benzene rings is 1. The van der Waals surface area contributed by atoms with Crippen LogP contribution in [0.1, 0.15) is 24.4 Å². The van der Waals surface area contributed by atoms with Gasteiger partial charge in [0, 0.05) is 5.02 Å². The summed E-state index contributed by atoms with van der Waals surface area (Å²) in [5, 5.41) is 0.609. The Morgan fingerprint density at radius 1 is 1.31 bits per heavy atom. The van der Waals surface area contributed by atoms with Crippen LogP contribution in [-0.2, 0) is 4.79 Å². The Balaban J connectivity index is 2.32. The van der Waals surface area contributed by atoms with Crippen LogP contribution in [0.2, 0.25) is 5.02 Å². The molecule has 1 amide bonds. The van der Waals surface area contributed by atoms with E-state index < -0.39 is 0 Å². The summed E-state index contributed by atoms with van der Waals surface area (Å²) in [5.74, 6) is -0.324. The van der Waals surface area contributed by atoms with Gasteiger partial charge in [0.15, 0.2) is 0 Å². The van der Waals surface area contributed by atoms with Gasteiger partial charge < -0.3 is 5.73 Å². The van der Waals surface area contributed by atoms with Gasteiger partial charge in [0.1, 0.15) is 6.04 Å². The lowest BCUT2D eigenvalue weighted by Crippen LogP contribution is -2.36. The van der Waals surface area contributed by atoms with Crippen molar-refractivity contribution in [2.45, 2.75) is 18.9 Å². The van der Waals surface area contributed by atoms with E-state index in [2.05, 4.69) is 4.90 Å². The van der Waals surface area contributed by atoms with E-state index in [1.807, 2.05) is 18.2 Å². The predicted molar refractivity (Wildman–Crippen MR) is 64.2 cm³/mol. The molecule has 4 heteroatoms. The largest absolute Gasteiger partial charge is 0.368 e. The fraction of sp³-hybridized carbons (Fsp3) is 0.417. The Hall–Kier alpha value is -1.06. The van der Waals surface area contributed by atoms with E-state index in [0.717, 1.165) is 31.5 Å². The number of amides is 1. The predicted octanol–water partition coefficient (Wildman–Crippen LogP) is 1.96. The molecule has 2 rings (SSSR count). The molecule has 0 saturated carbocycles. The van der Waals surface area contributed by atoms with Crippen molar-refractivity contribution in [2.75, 3.05) is 13.1 Å². The summed E-state index contributed by atoms with van der Waals surface area (Å²) in [6, 6.07) is 7.02. The molecule has 3 nitrogen and oxygen atoms in total. The number of halogens is 1. The number of nitrogens with zero attached hydrogens (tertiary/aromatic N) is 1. The molecule has 0 bridgehead atoms. The highest BCUT2D eigenvalue weighted by molar-refractivity contribution is 6.31. The Bertz CT molecular complexity index is 388. The van der Waals surface area contributed by atoms with Crippen LogP contribution in [0, 0.1) is 0 Å². The molecule has 0 unspecified atom stereocenters. The lowest BCUT2D eigenvalue weighted by atomic mass is 10.1.